The van der Waals surface area contributed by atoms with Gasteiger partial charge in [0.2, 0.25) is 5.91 Å². The summed E-state index contributed by atoms with van der Waals surface area (Å²) in [5.74, 6) is 0.163. The van der Waals surface area contributed by atoms with Gasteiger partial charge < -0.3 is 10.2 Å². The zero-order valence-electron chi connectivity index (χ0n) is 15.7. The van der Waals surface area contributed by atoms with Crippen LogP contribution in [-0.2, 0) is 11.3 Å². The van der Waals surface area contributed by atoms with Crippen LogP contribution in [0.4, 0.5) is 0 Å². The van der Waals surface area contributed by atoms with Crippen molar-refractivity contribution >= 4 is 45.9 Å². The van der Waals surface area contributed by atoms with E-state index in [1.165, 1.54) is 16.7 Å². The van der Waals surface area contributed by atoms with E-state index in [-0.39, 0.29) is 11.8 Å². The lowest BCUT2D eigenvalue weighted by molar-refractivity contribution is -0.118. The monoisotopic (exact) mass is 412 g/mol. The number of benzene rings is 3. The van der Waals surface area contributed by atoms with Crippen LogP contribution in [0.5, 0.6) is 0 Å². The molecular weight excluding hydrogens is 392 g/mol. The number of nitrogens with one attached hydrogen (secondary N) is 1. The van der Waals surface area contributed by atoms with Gasteiger partial charge in [0, 0.05) is 41.5 Å². The van der Waals surface area contributed by atoms with Crippen LogP contribution >= 0.6 is 23.4 Å². The Labute approximate surface area is 173 Å². The first-order valence-electron chi connectivity index (χ1n) is 8.83. The third-order valence-corrected chi connectivity index (χ3v) is 5.62. The summed E-state index contributed by atoms with van der Waals surface area (Å²) in [4.78, 5) is 26.9. The van der Waals surface area contributed by atoms with E-state index in [9.17, 15) is 9.59 Å². The van der Waals surface area contributed by atoms with Gasteiger partial charge in [-0.25, -0.2) is 0 Å². The molecular formula is C22H21ClN2O2S. The quantitative estimate of drug-likeness (QED) is 0.602. The number of fused-ring (bicyclic) bond motifs is 1. The molecule has 3 aromatic carbocycles. The fourth-order valence-corrected chi connectivity index (χ4v) is 4.13. The minimum absolute atomic E-state index is 0.0587. The number of amides is 2. The van der Waals surface area contributed by atoms with Crippen LogP contribution in [0.3, 0.4) is 0 Å². The molecule has 1 N–H and O–H groups in total. The molecule has 6 heteroatoms. The van der Waals surface area contributed by atoms with Crippen molar-refractivity contribution in [2.45, 2.75) is 11.4 Å². The van der Waals surface area contributed by atoms with E-state index in [4.69, 9.17) is 11.6 Å². The van der Waals surface area contributed by atoms with Crippen LogP contribution in [0, 0.1) is 0 Å². The van der Waals surface area contributed by atoms with Gasteiger partial charge in [0.05, 0.1) is 5.75 Å². The molecule has 0 aliphatic carbocycles. The smallest absolute Gasteiger partial charge is 0.253 e. The Morgan fingerprint density at radius 3 is 2.50 bits per heavy atom. The van der Waals surface area contributed by atoms with Crippen LogP contribution in [0.2, 0.25) is 5.02 Å². The molecule has 0 fully saturated rings. The Bertz CT molecular complexity index is 1020. The average molecular weight is 413 g/mol. The van der Waals surface area contributed by atoms with Crippen LogP contribution in [0.25, 0.3) is 10.8 Å². The number of rotatable bonds is 6. The number of carbonyl (C=O) groups is 2. The normalized spacial score (nSPS) is 10.7. The Kier molecular flexibility index (Phi) is 6.60. The second-order valence-corrected chi connectivity index (χ2v) is 7.98. The van der Waals surface area contributed by atoms with Crippen LogP contribution in [0.1, 0.15) is 15.9 Å². The molecule has 0 radical (unpaired) electrons. The molecule has 0 saturated carbocycles. The molecule has 3 aromatic rings. The minimum Gasteiger partial charge on any atom is -0.351 e. The van der Waals surface area contributed by atoms with Crippen molar-refractivity contribution in [3.05, 3.63) is 76.8 Å². The summed E-state index contributed by atoms with van der Waals surface area (Å²) in [7, 11) is 3.43. The molecule has 0 aliphatic heterocycles. The largest absolute Gasteiger partial charge is 0.351 e. The molecule has 144 valence electrons. The Morgan fingerprint density at radius 1 is 1.04 bits per heavy atom. The Balaban J connectivity index is 1.60. The number of hydrogen-bond acceptors (Lipinski definition) is 3. The number of hydrogen-bond donors (Lipinski definition) is 1. The maximum absolute atomic E-state index is 12.3. The molecule has 0 atom stereocenters. The van der Waals surface area contributed by atoms with E-state index in [1.807, 2.05) is 48.5 Å². The van der Waals surface area contributed by atoms with Crippen LogP contribution in [-0.4, -0.2) is 36.6 Å². The maximum atomic E-state index is 12.3. The summed E-state index contributed by atoms with van der Waals surface area (Å²) in [5.41, 5.74) is 1.50. The lowest BCUT2D eigenvalue weighted by Gasteiger charge is -2.12. The summed E-state index contributed by atoms with van der Waals surface area (Å²) in [6.07, 6.45) is 0. The van der Waals surface area contributed by atoms with Gasteiger partial charge in [-0.05, 0) is 35.2 Å². The SMILES string of the molecule is CN(C)C(=O)c1cccc(CNC(=O)CSc2cccc3cccc(Cl)c23)c1. The number of halogens is 1. The number of carbonyl (C=O) groups excluding carboxylic acids is 2. The van der Waals surface area contributed by atoms with Crippen molar-refractivity contribution in [1.29, 1.82) is 0 Å². The number of thioether (sulfide) groups is 1. The molecule has 2 amide bonds. The summed E-state index contributed by atoms with van der Waals surface area (Å²) in [6, 6.07) is 19.0. The second-order valence-electron chi connectivity index (χ2n) is 6.56. The van der Waals surface area contributed by atoms with Gasteiger partial charge in [-0.2, -0.15) is 0 Å². The minimum atomic E-state index is -0.0709. The van der Waals surface area contributed by atoms with Gasteiger partial charge in [0.1, 0.15) is 0 Å². The third kappa shape index (κ3) is 4.86. The molecule has 0 aliphatic rings. The van der Waals surface area contributed by atoms with Crippen molar-refractivity contribution < 1.29 is 9.59 Å². The fraction of sp³-hybridized carbons (Fsp3) is 0.182. The van der Waals surface area contributed by atoms with Gasteiger partial charge in [-0.1, -0.05) is 48.0 Å². The van der Waals surface area contributed by atoms with E-state index >= 15 is 0 Å². The van der Waals surface area contributed by atoms with Crippen molar-refractivity contribution in [3.63, 3.8) is 0 Å². The first kappa shape index (κ1) is 20.2. The number of nitrogens with zero attached hydrogens (tertiary/aromatic N) is 1. The highest BCUT2D eigenvalue weighted by atomic mass is 35.5. The van der Waals surface area contributed by atoms with E-state index in [0.717, 1.165) is 21.2 Å². The van der Waals surface area contributed by atoms with Crippen molar-refractivity contribution in [3.8, 4) is 0 Å². The summed E-state index contributed by atoms with van der Waals surface area (Å²) >= 11 is 7.80. The van der Waals surface area contributed by atoms with E-state index in [2.05, 4.69) is 5.32 Å². The Morgan fingerprint density at radius 2 is 1.75 bits per heavy atom. The highest BCUT2D eigenvalue weighted by Crippen LogP contribution is 2.33. The molecule has 0 aromatic heterocycles. The van der Waals surface area contributed by atoms with E-state index < -0.39 is 0 Å². The van der Waals surface area contributed by atoms with Gasteiger partial charge >= 0.3 is 0 Å². The third-order valence-electron chi connectivity index (χ3n) is 4.24. The van der Waals surface area contributed by atoms with Crippen molar-refractivity contribution in [1.82, 2.24) is 10.2 Å². The molecule has 0 unspecified atom stereocenters. The molecule has 0 heterocycles. The molecule has 28 heavy (non-hydrogen) atoms. The van der Waals surface area contributed by atoms with Crippen molar-refractivity contribution in [2.75, 3.05) is 19.8 Å². The van der Waals surface area contributed by atoms with Gasteiger partial charge in [0.25, 0.3) is 5.91 Å². The molecule has 0 spiro atoms. The zero-order valence-corrected chi connectivity index (χ0v) is 17.3. The van der Waals surface area contributed by atoms with E-state index in [1.54, 1.807) is 26.2 Å². The predicted octanol–water partition coefficient (Wildman–Crippen LogP) is 4.60. The maximum Gasteiger partial charge on any atom is 0.253 e. The molecule has 0 saturated heterocycles. The zero-order chi connectivity index (χ0) is 20.1. The van der Waals surface area contributed by atoms with Gasteiger partial charge in [0.15, 0.2) is 0 Å². The van der Waals surface area contributed by atoms with Gasteiger partial charge in [-0.15, -0.1) is 11.8 Å². The van der Waals surface area contributed by atoms with Crippen LogP contribution in [0.15, 0.2) is 65.6 Å². The summed E-state index contributed by atoms with van der Waals surface area (Å²) < 4.78 is 0. The summed E-state index contributed by atoms with van der Waals surface area (Å²) in [5, 5.41) is 5.62. The van der Waals surface area contributed by atoms with Crippen LogP contribution < -0.4 is 5.32 Å². The second kappa shape index (κ2) is 9.13. The van der Waals surface area contributed by atoms with Gasteiger partial charge in [-0.3, -0.25) is 9.59 Å². The topological polar surface area (TPSA) is 49.4 Å². The van der Waals surface area contributed by atoms with E-state index in [0.29, 0.717) is 22.9 Å². The molecule has 3 rings (SSSR count). The average Bonchev–Trinajstić information content (AvgIpc) is 2.70. The first-order valence-corrected chi connectivity index (χ1v) is 10.2. The summed E-state index contributed by atoms with van der Waals surface area (Å²) in [6.45, 7) is 0.379. The Hall–Kier alpha value is -2.50. The molecule has 4 nitrogen and oxygen atoms in total. The molecule has 0 bridgehead atoms. The fourth-order valence-electron chi connectivity index (χ4n) is 2.85. The standard InChI is InChI=1S/C22H21ClN2O2S/c1-25(2)22(27)17-9-3-6-15(12-17)13-24-20(26)14-28-19-11-5-8-16-7-4-10-18(23)21(16)19/h3-12H,13-14H2,1-2H3,(H,24,26). The first-order chi connectivity index (χ1) is 13.5. The lowest BCUT2D eigenvalue weighted by atomic mass is 10.1. The highest BCUT2D eigenvalue weighted by molar-refractivity contribution is 8.00. The predicted molar refractivity (Wildman–Crippen MR) is 116 cm³/mol. The van der Waals surface area contributed by atoms with Crippen molar-refractivity contribution in [2.24, 2.45) is 0 Å². The highest BCUT2D eigenvalue weighted by Gasteiger charge is 2.10. The lowest BCUT2D eigenvalue weighted by Crippen LogP contribution is -2.25.